The third kappa shape index (κ3) is 0.913. The lowest BCUT2D eigenvalue weighted by Gasteiger charge is -2.41. The summed E-state index contributed by atoms with van der Waals surface area (Å²) in [6.07, 6.45) is 0.315. The summed E-state index contributed by atoms with van der Waals surface area (Å²) in [5.74, 6) is 0.00174. The normalized spacial score (nSPS) is 43.8. The van der Waals surface area contributed by atoms with Crippen molar-refractivity contribution in [1.82, 2.24) is 10.6 Å². The van der Waals surface area contributed by atoms with E-state index >= 15 is 0 Å². The largest absolute Gasteiger partial charge is 0.355 e. The lowest BCUT2D eigenvalue weighted by atomic mass is 9.63. The zero-order valence-electron chi connectivity index (χ0n) is 7.94. The molecule has 0 aromatic carbocycles. The molecule has 2 aliphatic rings. The van der Waals surface area contributed by atoms with Crippen LogP contribution in [0, 0.1) is 10.8 Å². The van der Waals surface area contributed by atoms with Crippen LogP contribution in [0.15, 0.2) is 0 Å². The highest BCUT2D eigenvalue weighted by molar-refractivity contribution is 5.92. The number of fused-ring (bicyclic) bond motifs is 1. The maximum atomic E-state index is 11.6. The third-order valence-corrected chi connectivity index (χ3v) is 3.66. The molecule has 2 heterocycles. The van der Waals surface area contributed by atoms with Gasteiger partial charge in [-0.2, -0.15) is 0 Å². The fourth-order valence-corrected chi connectivity index (χ4v) is 2.17. The lowest BCUT2D eigenvalue weighted by molar-refractivity contribution is -0.140. The van der Waals surface area contributed by atoms with Gasteiger partial charge in [0.1, 0.15) is 0 Å². The number of hydrogen-bond acceptors (Lipinski definition) is 2. The van der Waals surface area contributed by atoms with Crippen molar-refractivity contribution in [2.75, 3.05) is 13.1 Å². The molecule has 0 spiro atoms. The van der Waals surface area contributed by atoms with E-state index in [4.69, 9.17) is 0 Å². The number of rotatable bonds is 0. The van der Waals surface area contributed by atoms with Gasteiger partial charge in [-0.05, 0) is 6.92 Å². The van der Waals surface area contributed by atoms with Gasteiger partial charge in [-0.15, -0.1) is 0 Å². The van der Waals surface area contributed by atoms with Crippen molar-refractivity contribution >= 4 is 11.8 Å². The third-order valence-electron chi connectivity index (χ3n) is 3.66. The first-order valence-electron chi connectivity index (χ1n) is 4.53. The summed E-state index contributed by atoms with van der Waals surface area (Å²) in [5, 5.41) is 5.64. The molecule has 2 atom stereocenters. The molecule has 0 bridgehead atoms. The highest BCUT2D eigenvalue weighted by Gasteiger charge is 2.57. The van der Waals surface area contributed by atoms with Crippen molar-refractivity contribution in [3.8, 4) is 0 Å². The second-order valence-electron chi connectivity index (χ2n) is 4.53. The topological polar surface area (TPSA) is 58.2 Å². The monoisotopic (exact) mass is 182 g/mol. The van der Waals surface area contributed by atoms with Crippen LogP contribution in [0.2, 0.25) is 0 Å². The minimum atomic E-state index is -0.505. The molecular formula is C9H14N2O2. The number of hydrogen-bond donors (Lipinski definition) is 2. The molecule has 0 aromatic heterocycles. The van der Waals surface area contributed by atoms with Crippen LogP contribution in [0.4, 0.5) is 0 Å². The summed E-state index contributed by atoms with van der Waals surface area (Å²) in [7, 11) is 0. The first kappa shape index (κ1) is 8.53. The van der Waals surface area contributed by atoms with Gasteiger partial charge in [0.2, 0.25) is 11.8 Å². The van der Waals surface area contributed by atoms with Gasteiger partial charge in [-0.25, -0.2) is 0 Å². The molecule has 2 N–H and O–H groups in total. The Kier molecular flexibility index (Phi) is 1.47. The molecule has 2 amide bonds. The van der Waals surface area contributed by atoms with Gasteiger partial charge in [0.25, 0.3) is 0 Å². The highest BCUT2D eigenvalue weighted by atomic mass is 16.2. The first-order valence-corrected chi connectivity index (χ1v) is 4.53. The van der Waals surface area contributed by atoms with E-state index in [1.807, 2.05) is 13.8 Å². The van der Waals surface area contributed by atoms with Gasteiger partial charge >= 0.3 is 0 Å². The van der Waals surface area contributed by atoms with Crippen LogP contribution in [0.25, 0.3) is 0 Å². The Morgan fingerprint density at radius 1 is 1.15 bits per heavy atom. The standard InChI is InChI=1S/C9H14N2O2/c1-8-4-10-6(12)3-9(8,2)7(13)11-5-8/h3-5H2,1-2H3,(H,10,12)(H,11,13). The molecule has 0 radical (unpaired) electrons. The van der Waals surface area contributed by atoms with E-state index in [0.29, 0.717) is 19.5 Å². The maximum Gasteiger partial charge on any atom is 0.227 e. The molecule has 0 aromatic rings. The van der Waals surface area contributed by atoms with Crippen molar-refractivity contribution in [1.29, 1.82) is 0 Å². The molecule has 13 heavy (non-hydrogen) atoms. The maximum absolute atomic E-state index is 11.6. The minimum Gasteiger partial charge on any atom is -0.355 e. The van der Waals surface area contributed by atoms with Crippen LogP contribution in [-0.2, 0) is 9.59 Å². The van der Waals surface area contributed by atoms with Crippen molar-refractivity contribution < 1.29 is 9.59 Å². The van der Waals surface area contributed by atoms with Crippen molar-refractivity contribution in [3.05, 3.63) is 0 Å². The van der Waals surface area contributed by atoms with Crippen LogP contribution >= 0.6 is 0 Å². The molecular weight excluding hydrogens is 168 g/mol. The molecule has 0 saturated carbocycles. The summed E-state index contributed by atoms with van der Waals surface area (Å²) < 4.78 is 0. The average molecular weight is 182 g/mol. The Morgan fingerprint density at radius 2 is 1.77 bits per heavy atom. The van der Waals surface area contributed by atoms with Gasteiger partial charge in [0.15, 0.2) is 0 Å². The zero-order valence-corrected chi connectivity index (χ0v) is 7.94. The van der Waals surface area contributed by atoms with E-state index < -0.39 is 5.41 Å². The summed E-state index contributed by atoms with van der Waals surface area (Å²) in [6, 6.07) is 0. The first-order chi connectivity index (χ1) is 5.98. The molecule has 2 rings (SSSR count). The van der Waals surface area contributed by atoms with Crippen molar-refractivity contribution in [2.45, 2.75) is 20.3 Å². The summed E-state index contributed by atoms with van der Waals surface area (Å²) in [4.78, 5) is 22.8. The molecule has 4 nitrogen and oxygen atoms in total. The summed E-state index contributed by atoms with van der Waals surface area (Å²) in [6.45, 7) is 5.20. The van der Waals surface area contributed by atoms with E-state index in [0.717, 1.165) is 0 Å². The molecule has 2 fully saturated rings. The van der Waals surface area contributed by atoms with Gasteiger partial charge in [-0.1, -0.05) is 6.92 Å². The highest BCUT2D eigenvalue weighted by Crippen LogP contribution is 2.47. The Labute approximate surface area is 77.1 Å². The summed E-state index contributed by atoms with van der Waals surface area (Å²) in [5.41, 5.74) is -0.618. The SMILES string of the molecule is CC12CNC(=O)CC1(C)C(=O)NC2. The van der Waals surface area contributed by atoms with Crippen molar-refractivity contribution in [2.24, 2.45) is 10.8 Å². The minimum absolute atomic E-state index is 0.0166. The van der Waals surface area contributed by atoms with Crippen LogP contribution in [-0.4, -0.2) is 24.9 Å². The van der Waals surface area contributed by atoms with Crippen molar-refractivity contribution in [3.63, 3.8) is 0 Å². The quantitative estimate of drug-likeness (QED) is 0.538. The molecule has 2 unspecified atom stereocenters. The zero-order chi connectivity index (χ0) is 9.69. The second-order valence-corrected chi connectivity index (χ2v) is 4.53. The second kappa shape index (κ2) is 2.25. The van der Waals surface area contributed by atoms with E-state index in [2.05, 4.69) is 10.6 Å². The van der Waals surface area contributed by atoms with E-state index in [1.165, 1.54) is 0 Å². The van der Waals surface area contributed by atoms with Crippen LogP contribution in [0.1, 0.15) is 20.3 Å². The van der Waals surface area contributed by atoms with Gasteiger partial charge < -0.3 is 10.6 Å². The van der Waals surface area contributed by atoms with Gasteiger partial charge in [0.05, 0.1) is 5.41 Å². The molecule has 4 heteroatoms. The number of nitrogens with one attached hydrogen (secondary N) is 2. The average Bonchev–Trinajstić information content (AvgIpc) is 2.28. The Bertz CT molecular complexity index is 289. The smallest absolute Gasteiger partial charge is 0.227 e. The number of carbonyl (C=O) groups excluding carboxylic acids is 2. The molecule has 2 aliphatic heterocycles. The molecule has 2 saturated heterocycles. The van der Waals surface area contributed by atoms with E-state index in [1.54, 1.807) is 0 Å². The van der Waals surface area contributed by atoms with Crippen LogP contribution in [0.5, 0.6) is 0 Å². The Hall–Kier alpha value is -1.06. The van der Waals surface area contributed by atoms with Crippen LogP contribution in [0.3, 0.4) is 0 Å². The predicted molar refractivity (Wildman–Crippen MR) is 46.9 cm³/mol. The lowest BCUT2D eigenvalue weighted by Crippen LogP contribution is -2.54. The number of carbonyl (C=O) groups is 2. The van der Waals surface area contributed by atoms with Gasteiger partial charge in [0, 0.05) is 24.9 Å². The predicted octanol–water partition coefficient (Wildman–Crippen LogP) is -0.351. The van der Waals surface area contributed by atoms with E-state index in [9.17, 15) is 9.59 Å². The Morgan fingerprint density at radius 3 is 2.46 bits per heavy atom. The Balaban J connectivity index is 2.39. The molecule has 0 aliphatic carbocycles. The number of amides is 2. The fourth-order valence-electron chi connectivity index (χ4n) is 2.17. The fraction of sp³-hybridized carbons (Fsp3) is 0.778. The van der Waals surface area contributed by atoms with E-state index in [-0.39, 0.29) is 17.2 Å². The van der Waals surface area contributed by atoms with Crippen LogP contribution < -0.4 is 10.6 Å². The molecule has 72 valence electrons. The number of piperidine rings is 1. The van der Waals surface area contributed by atoms with Gasteiger partial charge in [-0.3, -0.25) is 9.59 Å². The summed E-state index contributed by atoms with van der Waals surface area (Å²) >= 11 is 0.